The third-order valence-corrected chi connectivity index (χ3v) is 19.9. The number of hydrogen-bond acceptors (Lipinski definition) is 10. The SMILES string of the molecule is CC(C)(C)c1ccc(-c2ncc(C(C)(C)C)s2)cc1.CC(C)(C)c1ccc(-n2cc(C(C)(C)C)nn2)cc1.CC(C)(C)c1cn(-c2ccc(C(C)(C)C)c(Cl)c2)nn1.CC(C)(C)c1cn(-c2ccc(C(C)(C)C)c(F)c2)nn1.CC(C)(C)c1cnc(-c2ccc(C(C)(C)C)c(Cl)c2)s1. The molecule has 0 saturated carbocycles. The molecule has 0 saturated heterocycles. The van der Waals surface area contributed by atoms with E-state index in [0.29, 0.717) is 11.3 Å². The summed E-state index contributed by atoms with van der Waals surface area (Å²) in [6.45, 7) is 64.7. The first kappa shape index (κ1) is 80.3. The van der Waals surface area contributed by atoms with E-state index < -0.39 is 0 Å². The minimum absolute atomic E-state index is 0.00655. The number of thiazole rings is 2. The van der Waals surface area contributed by atoms with Crippen molar-refractivity contribution in [3.05, 3.63) is 205 Å². The first-order valence-electron chi connectivity index (χ1n) is 34.0. The Balaban J connectivity index is 0.000000193. The van der Waals surface area contributed by atoms with Gasteiger partial charge in [0.05, 0.1) is 52.7 Å². The molecule has 0 unspecified atom stereocenters. The van der Waals surface area contributed by atoms with Crippen molar-refractivity contribution < 1.29 is 4.39 Å². The Morgan fingerprint density at radius 3 is 0.929 bits per heavy atom. The van der Waals surface area contributed by atoms with Crippen molar-refractivity contribution in [1.82, 2.24) is 54.9 Å². The van der Waals surface area contributed by atoms with Crippen molar-refractivity contribution >= 4 is 45.9 Å². The Morgan fingerprint density at radius 1 is 0.316 bits per heavy atom. The summed E-state index contributed by atoms with van der Waals surface area (Å²) < 4.78 is 19.4. The molecule has 5 aromatic carbocycles. The largest absolute Gasteiger partial charge is 0.244 e. The number of rotatable bonds is 5. The Kier molecular flexibility index (Phi) is 24.8. The average Bonchev–Trinajstić information content (AvgIpc) is 1.60. The number of aromatic nitrogens is 11. The van der Waals surface area contributed by atoms with Crippen molar-refractivity contribution in [1.29, 1.82) is 0 Å². The highest BCUT2D eigenvalue weighted by Gasteiger charge is 2.26. The second-order valence-electron chi connectivity index (χ2n) is 35.9. The smallest absolute Gasteiger partial charge is 0.129 e. The molecule has 98 heavy (non-hydrogen) atoms. The monoisotopic (exact) mass is 1400 g/mol. The molecule has 0 N–H and O–H groups in total. The van der Waals surface area contributed by atoms with Crippen LogP contribution in [0.25, 0.3) is 38.2 Å². The van der Waals surface area contributed by atoms with Crippen LogP contribution in [0.15, 0.2) is 134 Å². The Morgan fingerprint density at radius 2 is 0.622 bits per heavy atom. The zero-order valence-electron chi connectivity index (χ0n) is 64.6. The van der Waals surface area contributed by atoms with Crippen molar-refractivity contribution in [2.45, 2.75) is 262 Å². The highest BCUT2D eigenvalue weighted by atomic mass is 35.5. The van der Waals surface area contributed by atoms with Gasteiger partial charge < -0.3 is 0 Å². The van der Waals surface area contributed by atoms with Gasteiger partial charge in [0.25, 0.3) is 0 Å². The van der Waals surface area contributed by atoms with Gasteiger partial charge in [-0.05, 0) is 108 Å². The van der Waals surface area contributed by atoms with E-state index in [1.54, 1.807) is 32.0 Å². The standard InChI is InChI=1S/C17H22ClNS.C17H23NS.C16H22ClN3.C16H22FN3.C16H23N3/c1-16(2,3)12-8-7-11(9-13(12)18)15-19-10-14(20-15)17(4,5)6;1-16(2,3)13-9-7-12(8-10-13)15-18-11-14(19-15)17(4,5)6;2*1-15(2,3)12-8-7-11(9-13(12)17)20-10-14(18-19-20)16(4,5)6;1-15(2,3)12-7-9-13(10-8-12)19-11-14(17-18-19)16(4,5)6/h7-10H,1-6H3;7-11H,1-6H3;2*7-10H,1-6H3;7-11H,1-6H3. The normalized spacial score (nSPS) is 12.7. The van der Waals surface area contributed by atoms with Crippen LogP contribution >= 0.6 is 45.9 Å². The van der Waals surface area contributed by atoms with E-state index in [4.69, 9.17) is 23.2 Å². The molecule has 0 aliphatic rings. The lowest BCUT2D eigenvalue weighted by molar-refractivity contribution is 0.522. The van der Waals surface area contributed by atoms with E-state index >= 15 is 0 Å². The van der Waals surface area contributed by atoms with Crippen LogP contribution in [0, 0.1) is 5.82 Å². The third kappa shape index (κ3) is 22.1. The molecule has 11 nitrogen and oxygen atoms in total. The molecule has 0 aliphatic carbocycles. The molecular formula is C82H112Cl2FN11S2. The lowest BCUT2D eigenvalue weighted by Gasteiger charge is -2.21. The molecule has 0 radical (unpaired) electrons. The Hall–Kier alpha value is -6.71. The third-order valence-electron chi connectivity index (χ3n) is 16.3. The summed E-state index contributed by atoms with van der Waals surface area (Å²) in [5.74, 6) is -0.206. The lowest BCUT2D eigenvalue weighted by atomic mass is 9.86. The van der Waals surface area contributed by atoms with Gasteiger partial charge >= 0.3 is 0 Å². The van der Waals surface area contributed by atoms with Crippen LogP contribution in [-0.2, 0) is 54.1 Å². The first-order valence-corrected chi connectivity index (χ1v) is 36.4. The molecule has 0 atom stereocenters. The molecule has 0 amide bonds. The second kappa shape index (κ2) is 30.2. The summed E-state index contributed by atoms with van der Waals surface area (Å²) in [4.78, 5) is 11.7. The number of hydrogen-bond donors (Lipinski definition) is 0. The molecule has 10 rings (SSSR count). The fourth-order valence-electron chi connectivity index (χ4n) is 9.70. The van der Waals surface area contributed by atoms with Gasteiger partial charge in [0.2, 0.25) is 0 Å². The van der Waals surface area contributed by atoms with Gasteiger partial charge in [0.1, 0.15) is 15.8 Å². The molecule has 0 aliphatic heterocycles. The van der Waals surface area contributed by atoms with Gasteiger partial charge in [-0.25, -0.2) is 28.4 Å². The number of nitrogens with zero attached hydrogens (tertiary/aromatic N) is 11. The summed E-state index contributed by atoms with van der Waals surface area (Å²) in [6.07, 6.45) is 9.81. The van der Waals surface area contributed by atoms with Gasteiger partial charge in [0.15, 0.2) is 0 Å². The number of benzene rings is 5. The van der Waals surface area contributed by atoms with Crippen LogP contribution in [0.3, 0.4) is 0 Å². The highest BCUT2D eigenvalue weighted by Crippen LogP contribution is 2.39. The Labute approximate surface area is 605 Å². The molecule has 0 spiro atoms. The lowest BCUT2D eigenvalue weighted by Crippen LogP contribution is -2.14. The van der Waals surface area contributed by atoms with E-state index in [-0.39, 0.29) is 60.0 Å². The second-order valence-corrected chi connectivity index (χ2v) is 38.7. The zero-order chi connectivity index (χ0) is 73.9. The molecule has 10 aromatic rings. The molecule has 16 heteroatoms. The van der Waals surface area contributed by atoms with E-state index in [1.807, 2.05) is 86.8 Å². The van der Waals surface area contributed by atoms with Gasteiger partial charge in [0, 0.05) is 59.6 Å². The van der Waals surface area contributed by atoms with Crippen LogP contribution in [0.4, 0.5) is 4.39 Å². The maximum atomic E-state index is 14.2. The van der Waals surface area contributed by atoms with Crippen molar-refractivity contribution in [3.8, 4) is 38.2 Å². The minimum Gasteiger partial charge on any atom is -0.244 e. The van der Waals surface area contributed by atoms with E-state index in [2.05, 4.69) is 295 Å². The summed E-state index contributed by atoms with van der Waals surface area (Å²) >= 11 is 16.4. The van der Waals surface area contributed by atoms with Crippen LogP contribution in [-0.4, -0.2) is 54.9 Å². The molecular weight excluding hydrogens is 1290 g/mol. The van der Waals surface area contributed by atoms with Crippen LogP contribution in [0.5, 0.6) is 0 Å². The van der Waals surface area contributed by atoms with Crippen molar-refractivity contribution in [2.24, 2.45) is 0 Å². The predicted octanol–water partition coefficient (Wildman–Crippen LogP) is 23.8. The summed E-state index contributed by atoms with van der Waals surface area (Å²) in [5, 5.41) is 28.9. The highest BCUT2D eigenvalue weighted by molar-refractivity contribution is 7.15. The van der Waals surface area contributed by atoms with E-state index in [9.17, 15) is 4.39 Å². The minimum atomic E-state index is -0.207. The fraction of sp³-hybridized carbons (Fsp3) is 0.488. The van der Waals surface area contributed by atoms with Crippen molar-refractivity contribution in [3.63, 3.8) is 0 Å². The van der Waals surface area contributed by atoms with Gasteiger partial charge in [-0.3, -0.25) is 0 Å². The average molecular weight is 1410 g/mol. The summed E-state index contributed by atoms with van der Waals surface area (Å²) in [7, 11) is 0. The van der Waals surface area contributed by atoms with Gasteiger partial charge in [-0.1, -0.05) is 307 Å². The maximum absolute atomic E-state index is 14.2. The van der Waals surface area contributed by atoms with Gasteiger partial charge in [-0.15, -0.1) is 38.0 Å². The molecule has 5 heterocycles. The summed E-state index contributed by atoms with van der Waals surface area (Å²) in [5.41, 5.74) is 14.1. The van der Waals surface area contributed by atoms with Crippen molar-refractivity contribution in [2.75, 3.05) is 0 Å². The number of halogens is 3. The van der Waals surface area contributed by atoms with Crippen LogP contribution in [0.2, 0.25) is 10.0 Å². The van der Waals surface area contributed by atoms with E-state index in [0.717, 1.165) is 59.6 Å². The molecule has 0 bridgehead atoms. The van der Waals surface area contributed by atoms with Crippen LogP contribution < -0.4 is 0 Å². The zero-order valence-corrected chi connectivity index (χ0v) is 67.7. The maximum Gasteiger partial charge on any atom is 0.129 e. The summed E-state index contributed by atoms with van der Waals surface area (Å²) in [6, 6.07) is 34.9. The Bertz CT molecular complexity index is 3850. The molecule has 528 valence electrons. The van der Waals surface area contributed by atoms with E-state index in [1.165, 1.54) is 38.1 Å². The molecule has 0 fully saturated rings. The topological polar surface area (TPSA) is 118 Å². The quantitative estimate of drug-likeness (QED) is 0.167. The first-order chi connectivity index (χ1) is 44.6. The predicted molar refractivity (Wildman–Crippen MR) is 416 cm³/mol. The van der Waals surface area contributed by atoms with Crippen LogP contribution in [0.1, 0.15) is 262 Å². The molecule has 5 aromatic heterocycles. The fourth-order valence-corrected chi connectivity index (χ4v) is 12.6. The van der Waals surface area contributed by atoms with Gasteiger partial charge in [-0.2, -0.15) is 0 Å².